The SMILES string of the molecule is CCCCCCN[C@H](CC(=O)O)C(=O)O. The molecule has 0 spiro atoms. The third-order valence-corrected chi connectivity index (χ3v) is 2.10. The van der Waals surface area contributed by atoms with E-state index in [0.717, 1.165) is 25.7 Å². The maximum atomic E-state index is 10.6. The van der Waals surface area contributed by atoms with Crippen molar-refractivity contribution in [3.63, 3.8) is 0 Å². The Morgan fingerprint density at radius 1 is 1.20 bits per heavy atom. The predicted molar refractivity (Wildman–Crippen MR) is 55.8 cm³/mol. The first kappa shape index (κ1) is 13.9. The summed E-state index contributed by atoms with van der Waals surface area (Å²) in [6, 6.07) is -0.968. The molecular formula is C10H19NO4. The highest BCUT2D eigenvalue weighted by Crippen LogP contribution is 1.99. The van der Waals surface area contributed by atoms with Gasteiger partial charge in [-0.1, -0.05) is 26.2 Å². The highest BCUT2D eigenvalue weighted by atomic mass is 16.4. The van der Waals surface area contributed by atoms with Crippen LogP contribution in [0.5, 0.6) is 0 Å². The summed E-state index contributed by atoms with van der Waals surface area (Å²) in [5.74, 6) is -2.20. The minimum atomic E-state index is -1.10. The van der Waals surface area contributed by atoms with E-state index in [9.17, 15) is 9.59 Å². The Hall–Kier alpha value is -1.10. The quantitative estimate of drug-likeness (QED) is 0.503. The first-order valence-electron chi connectivity index (χ1n) is 5.26. The molecule has 0 aromatic rings. The van der Waals surface area contributed by atoms with Gasteiger partial charge in [0.1, 0.15) is 6.04 Å². The molecule has 0 aliphatic carbocycles. The van der Waals surface area contributed by atoms with E-state index < -0.39 is 18.0 Å². The van der Waals surface area contributed by atoms with Crippen molar-refractivity contribution in [2.75, 3.05) is 6.54 Å². The molecule has 0 heterocycles. The average molecular weight is 217 g/mol. The summed E-state index contributed by atoms with van der Waals surface area (Å²) >= 11 is 0. The van der Waals surface area contributed by atoms with E-state index in [-0.39, 0.29) is 6.42 Å². The zero-order valence-corrected chi connectivity index (χ0v) is 9.03. The Balaban J connectivity index is 3.67. The molecule has 0 saturated carbocycles. The van der Waals surface area contributed by atoms with Crippen LogP contribution in [0.15, 0.2) is 0 Å². The van der Waals surface area contributed by atoms with Crippen LogP contribution in [-0.2, 0) is 9.59 Å². The Kier molecular flexibility index (Phi) is 7.62. The van der Waals surface area contributed by atoms with Gasteiger partial charge in [0.2, 0.25) is 0 Å². The third kappa shape index (κ3) is 7.93. The summed E-state index contributed by atoms with van der Waals surface area (Å²) in [5, 5.41) is 19.9. The van der Waals surface area contributed by atoms with E-state index in [0.29, 0.717) is 6.54 Å². The second kappa shape index (κ2) is 8.23. The van der Waals surface area contributed by atoms with E-state index in [4.69, 9.17) is 10.2 Å². The van der Waals surface area contributed by atoms with Gasteiger partial charge in [-0.25, -0.2) is 0 Å². The molecule has 0 aliphatic heterocycles. The topological polar surface area (TPSA) is 86.6 Å². The lowest BCUT2D eigenvalue weighted by Gasteiger charge is -2.11. The van der Waals surface area contributed by atoms with Crippen molar-refractivity contribution >= 4 is 11.9 Å². The molecule has 88 valence electrons. The highest BCUT2D eigenvalue weighted by Gasteiger charge is 2.19. The van der Waals surface area contributed by atoms with Crippen LogP contribution in [0.3, 0.4) is 0 Å². The van der Waals surface area contributed by atoms with Crippen LogP contribution in [0.4, 0.5) is 0 Å². The zero-order valence-electron chi connectivity index (χ0n) is 9.03. The number of unbranched alkanes of at least 4 members (excludes halogenated alkanes) is 3. The summed E-state index contributed by atoms with van der Waals surface area (Å²) < 4.78 is 0. The lowest BCUT2D eigenvalue weighted by molar-refractivity contribution is -0.145. The number of hydrogen-bond donors (Lipinski definition) is 3. The maximum absolute atomic E-state index is 10.6. The van der Waals surface area contributed by atoms with Gasteiger partial charge in [0.05, 0.1) is 6.42 Å². The molecule has 0 amide bonds. The molecule has 3 N–H and O–H groups in total. The van der Waals surface area contributed by atoms with Crippen molar-refractivity contribution in [3.8, 4) is 0 Å². The van der Waals surface area contributed by atoms with Crippen molar-refractivity contribution in [1.82, 2.24) is 5.32 Å². The fourth-order valence-electron chi connectivity index (χ4n) is 1.25. The number of carboxylic acids is 2. The molecule has 0 aromatic heterocycles. The molecule has 0 radical (unpaired) electrons. The van der Waals surface area contributed by atoms with E-state index in [2.05, 4.69) is 12.2 Å². The number of nitrogens with one attached hydrogen (secondary N) is 1. The second-order valence-electron chi connectivity index (χ2n) is 3.50. The van der Waals surface area contributed by atoms with Gasteiger partial charge in [-0.3, -0.25) is 9.59 Å². The standard InChI is InChI=1S/C10H19NO4/c1-2-3-4-5-6-11-8(10(14)15)7-9(12)13/h8,11H,2-7H2,1H3,(H,12,13)(H,14,15)/t8-/m1/s1. The number of hydrogen-bond acceptors (Lipinski definition) is 3. The van der Waals surface area contributed by atoms with Gasteiger partial charge in [-0.05, 0) is 13.0 Å². The van der Waals surface area contributed by atoms with Crippen molar-refractivity contribution in [3.05, 3.63) is 0 Å². The predicted octanol–water partition coefficient (Wildman–Crippen LogP) is 1.08. The van der Waals surface area contributed by atoms with Gasteiger partial charge in [-0.2, -0.15) is 0 Å². The van der Waals surface area contributed by atoms with Gasteiger partial charge >= 0.3 is 11.9 Å². The Morgan fingerprint density at radius 3 is 2.33 bits per heavy atom. The van der Waals surface area contributed by atoms with E-state index in [1.54, 1.807) is 0 Å². The Bertz CT molecular complexity index is 206. The summed E-state index contributed by atoms with van der Waals surface area (Å²) in [6.45, 7) is 2.65. The van der Waals surface area contributed by atoms with Gasteiger partial charge < -0.3 is 15.5 Å². The molecule has 0 saturated heterocycles. The molecule has 1 atom stereocenters. The minimum Gasteiger partial charge on any atom is -0.481 e. The summed E-state index contributed by atoms with van der Waals surface area (Å²) in [7, 11) is 0. The van der Waals surface area contributed by atoms with Crippen LogP contribution < -0.4 is 5.32 Å². The largest absolute Gasteiger partial charge is 0.481 e. The molecule has 0 unspecified atom stereocenters. The van der Waals surface area contributed by atoms with Gasteiger partial charge in [0, 0.05) is 0 Å². The third-order valence-electron chi connectivity index (χ3n) is 2.10. The molecule has 0 aliphatic rings. The monoisotopic (exact) mass is 217 g/mol. The Morgan fingerprint density at radius 2 is 1.87 bits per heavy atom. The Labute approximate surface area is 89.5 Å². The molecule has 0 fully saturated rings. The first-order chi connectivity index (χ1) is 7.07. The normalized spacial score (nSPS) is 12.3. The minimum absolute atomic E-state index is 0.372. The van der Waals surface area contributed by atoms with Crippen molar-refractivity contribution < 1.29 is 19.8 Å². The lowest BCUT2D eigenvalue weighted by Crippen LogP contribution is -2.39. The van der Waals surface area contributed by atoms with Crippen LogP contribution >= 0.6 is 0 Å². The second-order valence-corrected chi connectivity index (χ2v) is 3.50. The molecule has 15 heavy (non-hydrogen) atoms. The molecule has 0 rings (SSSR count). The van der Waals surface area contributed by atoms with E-state index in [1.165, 1.54) is 0 Å². The molecule has 0 aromatic carbocycles. The van der Waals surface area contributed by atoms with Crippen molar-refractivity contribution in [2.45, 2.75) is 45.1 Å². The smallest absolute Gasteiger partial charge is 0.321 e. The first-order valence-corrected chi connectivity index (χ1v) is 5.26. The fourth-order valence-corrected chi connectivity index (χ4v) is 1.25. The maximum Gasteiger partial charge on any atom is 0.321 e. The van der Waals surface area contributed by atoms with Crippen LogP contribution in [-0.4, -0.2) is 34.7 Å². The van der Waals surface area contributed by atoms with Gasteiger partial charge in [-0.15, -0.1) is 0 Å². The number of carboxylic acid groups (broad SMARTS) is 2. The molecule has 5 nitrogen and oxygen atoms in total. The number of aliphatic carboxylic acids is 2. The zero-order chi connectivity index (χ0) is 11.7. The van der Waals surface area contributed by atoms with E-state index >= 15 is 0 Å². The van der Waals surface area contributed by atoms with Crippen LogP contribution in [0.2, 0.25) is 0 Å². The van der Waals surface area contributed by atoms with Crippen LogP contribution in [0.1, 0.15) is 39.0 Å². The number of rotatable bonds is 9. The highest BCUT2D eigenvalue weighted by molar-refractivity contribution is 5.80. The lowest BCUT2D eigenvalue weighted by atomic mass is 10.1. The van der Waals surface area contributed by atoms with Crippen molar-refractivity contribution in [1.29, 1.82) is 0 Å². The van der Waals surface area contributed by atoms with Crippen LogP contribution in [0, 0.1) is 0 Å². The summed E-state index contributed by atoms with van der Waals surface area (Å²) in [4.78, 5) is 21.0. The van der Waals surface area contributed by atoms with Crippen molar-refractivity contribution in [2.24, 2.45) is 0 Å². The molecule has 0 bridgehead atoms. The summed E-state index contributed by atoms with van der Waals surface area (Å²) in [6.07, 6.45) is 3.80. The van der Waals surface area contributed by atoms with Gasteiger partial charge in [0.15, 0.2) is 0 Å². The fraction of sp³-hybridized carbons (Fsp3) is 0.800. The van der Waals surface area contributed by atoms with Crippen LogP contribution in [0.25, 0.3) is 0 Å². The van der Waals surface area contributed by atoms with Gasteiger partial charge in [0.25, 0.3) is 0 Å². The average Bonchev–Trinajstić information content (AvgIpc) is 2.15. The summed E-state index contributed by atoms with van der Waals surface area (Å²) in [5.41, 5.74) is 0. The van der Waals surface area contributed by atoms with E-state index in [1.807, 2.05) is 0 Å². The molecule has 5 heteroatoms. The number of carbonyl (C=O) groups is 2. The molecular weight excluding hydrogens is 198 g/mol.